The van der Waals surface area contributed by atoms with Crippen molar-refractivity contribution in [1.82, 2.24) is 0 Å². The zero-order valence-corrected chi connectivity index (χ0v) is 20.0. The summed E-state index contributed by atoms with van der Waals surface area (Å²) in [5.74, 6) is -0.857. The van der Waals surface area contributed by atoms with E-state index in [2.05, 4.69) is 0 Å². The van der Waals surface area contributed by atoms with Crippen LogP contribution in [0.1, 0.15) is 34.7 Å². The van der Waals surface area contributed by atoms with Crippen LogP contribution in [-0.2, 0) is 27.5 Å². The Kier molecular flexibility index (Phi) is 10.7. The summed E-state index contributed by atoms with van der Waals surface area (Å²) in [6, 6.07) is 10.5. The Morgan fingerprint density at radius 3 is 2.20 bits per heavy atom. The van der Waals surface area contributed by atoms with Crippen molar-refractivity contribution >= 4 is 23.9 Å². The lowest BCUT2D eigenvalue weighted by Gasteiger charge is -2.06. The van der Waals surface area contributed by atoms with Gasteiger partial charge in [-0.15, -0.1) is 0 Å². The Bertz CT molecular complexity index is 1170. The molecule has 0 aliphatic carbocycles. The number of aryl methyl sites for hydroxylation is 1. The second-order valence-corrected chi connectivity index (χ2v) is 7.49. The molecule has 0 aromatic heterocycles. The van der Waals surface area contributed by atoms with Gasteiger partial charge in [0.1, 0.15) is 11.5 Å². The highest BCUT2D eigenvalue weighted by Crippen LogP contribution is 2.20. The Morgan fingerprint density at radius 2 is 1.54 bits per heavy atom. The van der Waals surface area contributed by atoms with Gasteiger partial charge in [-0.2, -0.15) is 0 Å². The van der Waals surface area contributed by atoms with Gasteiger partial charge in [0, 0.05) is 6.08 Å². The molecule has 3 N–H and O–H groups in total. The van der Waals surface area contributed by atoms with Crippen LogP contribution in [0, 0.1) is 6.92 Å². The van der Waals surface area contributed by atoms with Crippen LogP contribution in [-0.4, -0.2) is 40.8 Å². The molecule has 35 heavy (non-hydrogen) atoms. The smallest absolute Gasteiger partial charge is 0.330 e. The molecule has 0 saturated carbocycles. The van der Waals surface area contributed by atoms with E-state index in [1.165, 1.54) is 18.2 Å². The lowest BCUT2D eigenvalue weighted by molar-refractivity contribution is -0.137. The maximum Gasteiger partial charge on any atom is 0.330 e. The molecule has 0 heterocycles. The fourth-order valence-corrected chi connectivity index (χ4v) is 3.15. The summed E-state index contributed by atoms with van der Waals surface area (Å²) >= 11 is 0. The van der Waals surface area contributed by atoms with Crippen LogP contribution in [0.25, 0.3) is 12.2 Å². The monoisotopic (exact) mass is 478 g/mol. The summed E-state index contributed by atoms with van der Waals surface area (Å²) < 4.78 is 10.2. The minimum Gasteiger partial charge on any atom is -0.507 e. The average Bonchev–Trinajstić information content (AvgIpc) is 2.86. The van der Waals surface area contributed by atoms with Crippen LogP contribution in [0.5, 0.6) is 5.75 Å². The van der Waals surface area contributed by atoms with E-state index in [9.17, 15) is 24.9 Å². The molecule has 0 aliphatic rings. The highest BCUT2D eigenvalue weighted by molar-refractivity contribution is 6.09. The largest absolute Gasteiger partial charge is 0.507 e. The van der Waals surface area contributed by atoms with E-state index in [0.717, 1.165) is 17.2 Å². The molecule has 0 spiro atoms. The molecule has 0 amide bonds. The van der Waals surface area contributed by atoms with Crippen LogP contribution in [0.4, 0.5) is 0 Å². The molecule has 7 heteroatoms. The quantitative estimate of drug-likeness (QED) is 0.192. The lowest BCUT2D eigenvalue weighted by atomic mass is 10.0. The number of hydrogen-bond donors (Lipinski definition) is 3. The molecule has 184 valence electrons. The Balaban J connectivity index is 2.38. The van der Waals surface area contributed by atoms with Gasteiger partial charge in [-0.05, 0) is 72.0 Å². The minimum atomic E-state index is -0.644. The topological polar surface area (TPSA) is 113 Å². The van der Waals surface area contributed by atoms with Crippen molar-refractivity contribution in [2.75, 3.05) is 13.7 Å². The number of hydrogen-bond acceptors (Lipinski definition) is 7. The highest BCUT2D eigenvalue weighted by Gasteiger charge is 2.10. The third kappa shape index (κ3) is 8.10. The van der Waals surface area contributed by atoms with Crippen molar-refractivity contribution in [3.05, 3.63) is 99.9 Å². The molecule has 0 bridgehead atoms. The first-order chi connectivity index (χ1) is 16.8. The number of benzene rings is 2. The number of aliphatic hydroxyl groups is 3. The minimum absolute atomic E-state index is 0.112. The first-order valence-electron chi connectivity index (χ1n) is 11.0. The Hall–Kier alpha value is -3.94. The lowest BCUT2D eigenvalue weighted by Crippen LogP contribution is -2.03. The van der Waals surface area contributed by atoms with Crippen molar-refractivity contribution in [3.8, 4) is 5.75 Å². The van der Waals surface area contributed by atoms with Crippen LogP contribution in [0.15, 0.2) is 72.0 Å². The van der Waals surface area contributed by atoms with Gasteiger partial charge in [0.15, 0.2) is 5.78 Å². The number of rotatable bonds is 11. The van der Waals surface area contributed by atoms with Crippen molar-refractivity contribution in [2.45, 2.75) is 27.1 Å². The summed E-state index contributed by atoms with van der Waals surface area (Å²) in [7, 11) is 1.56. The van der Waals surface area contributed by atoms with Gasteiger partial charge in [0.05, 0.1) is 32.5 Å². The third-order valence-electron chi connectivity index (χ3n) is 5.08. The summed E-state index contributed by atoms with van der Waals surface area (Å²) in [5, 5.41) is 29.5. The van der Waals surface area contributed by atoms with Gasteiger partial charge < -0.3 is 24.8 Å². The van der Waals surface area contributed by atoms with Crippen molar-refractivity contribution in [3.63, 3.8) is 0 Å². The van der Waals surface area contributed by atoms with Gasteiger partial charge in [-0.1, -0.05) is 36.4 Å². The normalized spacial score (nSPS) is 12.4. The van der Waals surface area contributed by atoms with Crippen LogP contribution >= 0.6 is 0 Å². The number of allylic oxidation sites excluding steroid dienone is 4. The number of aliphatic hydroxyl groups excluding tert-OH is 3. The van der Waals surface area contributed by atoms with Gasteiger partial charge in [-0.3, -0.25) is 4.79 Å². The molecule has 0 fully saturated rings. The van der Waals surface area contributed by atoms with Gasteiger partial charge in [0.25, 0.3) is 0 Å². The zero-order chi connectivity index (χ0) is 25.8. The van der Waals surface area contributed by atoms with E-state index in [4.69, 9.17) is 9.47 Å². The molecule has 7 nitrogen and oxygen atoms in total. The van der Waals surface area contributed by atoms with E-state index < -0.39 is 11.8 Å². The standard InChI is InChI=1S/C28H30O7/c1-4-35-28(33)14-11-24(26(32)13-9-21-6-5-19(2)27(16-21)34-3)25(31)12-8-20-7-10-22(17-29)23(15-20)18-30/h5-16,29-31H,4,17-18H2,1-3H3/b12-8+,13-9+,14-11+,25-24-. The number of carbonyl (C=O) groups is 2. The summed E-state index contributed by atoms with van der Waals surface area (Å²) in [6.45, 7) is 3.29. The molecular formula is C28H30O7. The number of carbonyl (C=O) groups excluding carboxylic acids is 2. The number of esters is 1. The number of methoxy groups -OCH3 is 1. The molecule has 0 atom stereocenters. The molecule has 0 aliphatic heterocycles. The van der Waals surface area contributed by atoms with Crippen molar-refractivity contribution in [2.24, 2.45) is 0 Å². The Morgan fingerprint density at radius 1 is 0.886 bits per heavy atom. The SMILES string of the molecule is CCOC(=O)/C=C/C(C(=O)/C=C/c1ccc(C)c(OC)c1)=C(O)\C=C\c1ccc(CO)c(CO)c1. The first-order valence-corrected chi connectivity index (χ1v) is 11.0. The second-order valence-electron chi connectivity index (χ2n) is 7.49. The van der Waals surface area contributed by atoms with E-state index >= 15 is 0 Å². The van der Waals surface area contributed by atoms with Crippen LogP contribution in [0.2, 0.25) is 0 Å². The first kappa shape index (κ1) is 27.3. The summed E-state index contributed by atoms with van der Waals surface area (Å²) in [6.07, 6.45) is 8.02. The van der Waals surface area contributed by atoms with Crippen LogP contribution < -0.4 is 4.74 Å². The zero-order valence-electron chi connectivity index (χ0n) is 20.0. The molecule has 0 unspecified atom stereocenters. The van der Waals surface area contributed by atoms with E-state index in [1.807, 2.05) is 19.1 Å². The molecule has 2 aromatic rings. The molecular weight excluding hydrogens is 448 g/mol. The van der Waals surface area contributed by atoms with Gasteiger partial charge >= 0.3 is 5.97 Å². The summed E-state index contributed by atoms with van der Waals surface area (Å²) in [5.41, 5.74) is 3.35. The summed E-state index contributed by atoms with van der Waals surface area (Å²) in [4.78, 5) is 24.7. The molecule has 0 saturated heterocycles. The maximum atomic E-state index is 12.9. The van der Waals surface area contributed by atoms with Crippen molar-refractivity contribution < 1.29 is 34.4 Å². The third-order valence-corrected chi connectivity index (χ3v) is 5.08. The van der Waals surface area contributed by atoms with Gasteiger partial charge in [-0.25, -0.2) is 4.79 Å². The molecule has 0 radical (unpaired) electrons. The maximum absolute atomic E-state index is 12.9. The van der Waals surface area contributed by atoms with Crippen LogP contribution in [0.3, 0.4) is 0 Å². The fourth-order valence-electron chi connectivity index (χ4n) is 3.15. The fraction of sp³-hybridized carbons (Fsp3) is 0.214. The Labute approximate surface area is 205 Å². The van der Waals surface area contributed by atoms with E-state index in [-0.39, 0.29) is 31.2 Å². The predicted octanol–water partition coefficient (Wildman–Crippen LogP) is 4.22. The number of ether oxygens (including phenoxy) is 2. The van der Waals surface area contributed by atoms with Gasteiger partial charge in [0.2, 0.25) is 0 Å². The number of ketones is 1. The van der Waals surface area contributed by atoms with E-state index in [1.54, 1.807) is 50.5 Å². The second kappa shape index (κ2) is 13.7. The van der Waals surface area contributed by atoms with E-state index in [0.29, 0.717) is 22.4 Å². The predicted molar refractivity (Wildman–Crippen MR) is 135 cm³/mol. The molecule has 2 aromatic carbocycles. The average molecular weight is 479 g/mol. The highest BCUT2D eigenvalue weighted by atomic mass is 16.5. The van der Waals surface area contributed by atoms with Crippen molar-refractivity contribution in [1.29, 1.82) is 0 Å². The molecule has 2 rings (SSSR count).